The number of hydrogen-bond donors (Lipinski definition) is 3. The van der Waals surface area contributed by atoms with E-state index >= 15 is 0 Å². The fourth-order valence-corrected chi connectivity index (χ4v) is 1.21. The van der Waals surface area contributed by atoms with Crippen molar-refractivity contribution in [2.45, 2.75) is 0 Å². The first kappa shape index (κ1) is 13.4. The molecule has 0 heterocycles. The zero-order valence-electron chi connectivity index (χ0n) is 9.48. The number of anilines is 1. The summed E-state index contributed by atoms with van der Waals surface area (Å²) in [5, 5.41) is 16.4. The van der Waals surface area contributed by atoms with Crippen LogP contribution in [0.2, 0.25) is 0 Å². The largest absolute Gasteiger partial charge is 0.504 e. The van der Waals surface area contributed by atoms with Crippen molar-refractivity contribution in [1.29, 1.82) is 0 Å². The van der Waals surface area contributed by atoms with Crippen LogP contribution in [-0.2, 0) is 4.79 Å². The molecular formula is C13H13NO4. The minimum absolute atomic E-state index is 0.120. The van der Waals surface area contributed by atoms with Crippen LogP contribution in [0.4, 0.5) is 5.69 Å². The van der Waals surface area contributed by atoms with Crippen LogP contribution in [0.5, 0.6) is 17.2 Å². The Hall–Kier alpha value is -2.69. The van der Waals surface area contributed by atoms with Gasteiger partial charge in [-0.25, -0.2) is 0 Å². The lowest BCUT2D eigenvalue weighted by molar-refractivity contribution is -0.122. The Balaban J connectivity index is 0.000000492. The molecule has 0 aliphatic carbocycles. The Morgan fingerprint density at radius 1 is 1.06 bits per heavy atom. The minimum atomic E-state index is -0.250. The van der Waals surface area contributed by atoms with Gasteiger partial charge < -0.3 is 20.7 Å². The molecule has 0 aliphatic heterocycles. The molecule has 0 bridgehead atoms. The zero-order valence-corrected chi connectivity index (χ0v) is 9.48. The monoisotopic (exact) mass is 247 g/mol. The standard InChI is InChI=1S/C12H11NO2.CH2O2/c13-9-5-7-10(8-6-9)15-12-4-2-1-3-11(12)14;2-1-3/h1-8,14H,13H2;1H,(H,2,3). The first-order chi connectivity index (χ1) is 8.67. The summed E-state index contributed by atoms with van der Waals surface area (Å²) < 4.78 is 5.46. The van der Waals surface area contributed by atoms with Crippen LogP contribution in [0.15, 0.2) is 48.5 Å². The van der Waals surface area contributed by atoms with Gasteiger partial charge in [-0.1, -0.05) is 12.1 Å². The molecule has 0 radical (unpaired) electrons. The predicted octanol–water partition coefficient (Wildman–Crippen LogP) is 2.47. The van der Waals surface area contributed by atoms with E-state index in [2.05, 4.69) is 0 Å². The van der Waals surface area contributed by atoms with Gasteiger partial charge in [0.1, 0.15) is 5.75 Å². The fraction of sp³-hybridized carbons (Fsp3) is 0. The van der Waals surface area contributed by atoms with Gasteiger partial charge in [0.15, 0.2) is 11.5 Å². The molecule has 0 atom stereocenters. The van der Waals surface area contributed by atoms with E-state index in [1.54, 1.807) is 48.5 Å². The average molecular weight is 247 g/mol. The van der Waals surface area contributed by atoms with E-state index in [0.717, 1.165) is 0 Å². The minimum Gasteiger partial charge on any atom is -0.504 e. The normalized spacial score (nSPS) is 8.89. The van der Waals surface area contributed by atoms with Gasteiger partial charge in [0, 0.05) is 5.69 Å². The molecule has 4 N–H and O–H groups in total. The van der Waals surface area contributed by atoms with Crippen LogP contribution in [-0.4, -0.2) is 16.7 Å². The van der Waals surface area contributed by atoms with E-state index in [1.807, 2.05) is 0 Å². The van der Waals surface area contributed by atoms with Gasteiger partial charge in [0.2, 0.25) is 0 Å². The topological polar surface area (TPSA) is 92.8 Å². The third-order valence-electron chi connectivity index (χ3n) is 1.97. The first-order valence-corrected chi connectivity index (χ1v) is 5.06. The summed E-state index contributed by atoms with van der Waals surface area (Å²) in [6.07, 6.45) is 0. The Labute approximate surface area is 104 Å². The van der Waals surface area contributed by atoms with Crippen molar-refractivity contribution in [2.75, 3.05) is 5.73 Å². The van der Waals surface area contributed by atoms with Crippen LogP contribution in [0.3, 0.4) is 0 Å². The number of phenols is 1. The highest BCUT2D eigenvalue weighted by atomic mass is 16.5. The van der Waals surface area contributed by atoms with Crippen molar-refractivity contribution >= 4 is 12.2 Å². The number of para-hydroxylation sites is 2. The predicted molar refractivity (Wildman–Crippen MR) is 67.7 cm³/mol. The molecule has 5 nitrogen and oxygen atoms in total. The van der Waals surface area contributed by atoms with E-state index in [-0.39, 0.29) is 12.2 Å². The Morgan fingerprint density at radius 2 is 1.61 bits per heavy atom. The van der Waals surface area contributed by atoms with E-state index in [9.17, 15) is 5.11 Å². The van der Waals surface area contributed by atoms with Gasteiger partial charge in [0.05, 0.1) is 0 Å². The Morgan fingerprint density at radius 3 is 2.17 bits per heavy atom. The smallest absolute Gasteiger partial charge is 0.290 e. The molecule has 0 spiro atoms. The van der Waals surface area contributed by atoms with Gasteiger partial charge in [0.25, 0.3) is 6.47 Å². The molecule has 0 saturated carbocycles. The third kappa shape index (κ3) is 4.05. The van der Waals surface area contributed by atoms with Gasteiger partial charge in [-0.2, -0.15) is 0 Å². The number of carboxylic acid groups (broad SMARTS) is 1. The number of nitrogen functional groups attached to an aromatic ring is 1. The first-order valence-electron chi connectivity index (χ1n) is 5.06. The van der Waals surface area contributed by atoms with E-state index in [0.29, 0.717) is 17.2 Å². The number of hydrogen-bond acceptors (Lipinski definition) is 4. The van der Waals surface area contributed by atoms with Gasteiger partial charge in [-0.3, -0.25) is 4.79 Å². The summed E-state index contributed by atoms with van der Waals surface area (Å²) in [5.41, 5.74) is 6.23. The summed E-state index contributed by atoms with van der Waals surface area (Å²) in [5.74, 6) is 1.20. The molecule has 2 rings (SSSR count). The highest BCUT2D eigenvalue weighted by molar-refractivity contribution is 5.45. The lowest BCUT2D eigenvalue weighted by Gasteiger charge is -2.06. The molecule has 0 saturated heterocycles. The lowest BCUT2D eigenvalue weighted by atomic mass is 10.3. The quantitative estimate of drug-likeness (QED) is 0.560. The summed E-state index contributed by atoms with van der Waals surface area (Å²) >= 11 is 0. The molecule has 0 fully saturated rings. The third-order valence-corrected chi connectivity index (χ3v) is 1.97. The van der Waals surface area contributed by atoms with Gasteiger partial charge in [-0.05, 0) is 36.4 Å². The second-order valence-corrected chi connectivity index (χ2v) is 3.24. The molecule has 2 aromatic carbocycles. The van der Waals surface area contributed by atoms with Crippen molar-refractivity contribution < 1.29 is 19.7 Å². The van der Waals surface area contributed by atoms with Crippen molar-refractivity contribution in [2.24, 2.45) is 0 Å². The van der Waals surface area contributed by atoms with E-state index < -0.39 is 0 Å². The number of ether oxygens (including phenoxy) is 1. The maximum absolute atomic E-state index is 9.48. The van der Waals surface area contributed by atoms with Crippen molar-refractivity contribution in [1.82, 2.24) is 0 Å². The fourth-order valence-electron chi connectivity index (χ4n) is 1.21. The highest BCUT2D eigenvalue weighted by Crippen LogP contribution is 2.29. The molecule has 2 aromatic rings. The van der Waals surface area contributed by atoms with Crippen LogP contribution < -0.4 is 10.5 Å². The second-order valence-electron chi connectivity index (χ2n) is 3.24. The van der Waals surface area contributed by atoms with Crippen LogP contribution in [0, 0.1) is 0 Å². The van der Waals surface area contributed by atoms with E-state index in [4.69, 9.17) is 20.4 Å². The summed E-state index contributed by atoms with van der Waals surface area (Å²) in [4.78, 5) is 8.36. The maximum Gasteiger partial charge on any atom is 0.290 e. The number of benzene rings is 2. The zero-order chi connectivity index (χ0) is 13.4. The number of phenolic OH excluding ortho intramolecular Hbond substituents is 1. The summed E-state index contributed by atoms with van der Waals surface area (Å²) in [6, 6.07) is 13.8. The van der Waals surface area contributed by atoms with Gasteiger partial charge >= 0.3 is 0 Å². The van der Waals surface area contributed by atoms with Gasteiger partial charge in [-0.15, -0.1) is 0 Å². The summed E-state index contributed by atoms with van der Waals surface area (Å²) in [6.45, 7) is -0.250. The number of rotatable bonds is 2. The lowest BCUT2D eigenvalue weighted by Crippen LogP contribution is -1.86. The number of nitrogens with two attached hydrogens (primary N) is 1. The van der Waals surface area contributed by atoms with Crippen molar-refractivity contribution in [3.8, 4) is 17.2 Å². The van der Waals surface area contributed by atoms with Crippen LogP contribution >= 0.6 is 0 Å². The van der Waals surface area contributed by atoms with E-state index in [1.165, 1.54) is 0 Å². The molecule has 0 aliphatic rings. The highest BCUT2D eigenvalue weighted by Gasteiger charge is 2.01. The molecule has 0 amide bonds. The maximum atomic E-state index is 9.48. The van der Waals surface area contributed by atoms with Crippen LogP contribution in [0.25, 0.3) is 0 Å². The van der Waals surface area contributed by atoms with Crippen molar-refractivity contribution in [3.63, 3.8) is 0 Å². The van der Waals surface area contributed by atoms with Crippen LogP contribution in [0.1, 0.15) is 0 Å². The molecule has 5 heteroatoms. The molecular weight excluding hydrogens is 234 g/mol. The second kappa shape index (κ2) is 6.80. The summed E-state index contributed by atoms with van der Waals surface area (Å²) in [7, 11) is 0. The molecule has 18 heavy (non-hydrogen) atoms. The molecule has 94 valence electrons. The Kier molecular flexibility index (Phi) is 5.05. The SMILES string of the molecule is Nc1ccc(Oc2ccccc2O)cc1.O=CO. The molecule has 0 aromatic heterocycles. The molecule has 0 unspecified atom stereocenters. The average Bonchev–Trinajstić information content (AvgIpc) is 2.36. The number of carbonyl (C=O) groups is 1. The van der Waals surface area contributed by atoms with Crippen molar-refractivity contribution in [3.05, 3.63) is 48.5 Å². The Bertz CT molecular complexity index is 497. The number of aromatic hydroxyl groups is 1.